The maximum atomic E-state index is 12.0. The molecule has 0 aliphatic heterocycles. The smallest absolute Gasteiger partial charge is 0.234 e. The molecule has 0 unspecified atom stereocenters. The van der Waals surface area contributed by atoms with Crippen molar-refractivity contribution in [2.24, 2.45) is 0 Å². The Morgan fingerprint density at radius 2 is 1.65 bits per heavy atom. The second-order valence-electron chi connectivity index (χ2n) is 6.50. The minimum absolute atomic E-state index is 0.0788. The van der Waals surface area contributed by atoms with Gasteiger partial charge < -0.3 is 10.6 Å². The highest BCUT2D eigenvalue weighted by atomic mass is 35.5. The van der Waals surface area contributed by atoms with Crippen LogP contribution in [0.15, 0.2) is 24.3 Å². The van der Waals surface area contributed by atoms with E-state index in [1.54, 1.807) is 17.0 Å². The first-order valence-electron chi connectivity index (χ1n) is 7.74. The van der Waals surface area contributed by atoms with Crippen LogP contribution in [0.5, 0.6) is 0 Å². The summed E-state index contributed by atoms with van der Waals surface area (Å²) in [6, 6.07) is 7.32. The summed E-state index contributed by atoms with van der Waals surface area (Å²) in [5.41, 5.74) is 0.712. The highest BCUT2D eigenvalue weighted by Crippen LogP contribution is 2.09. The summed E-state index contributed by atoms with van der Waals surface area (Å²) in [7, 11) is 0. The Bertz CT molecular complexity index is 524. The highest BCUT2D eigenvalue weighted by molar-refractivity contribution is 6.30. The second kappa shape index (κ2) is 8.89. The van der Waals surface area contributed by atoms with Crippen LogP contribution in [-0.4, -0.2) is 41.9 Å². The molecule has 0 radical (unpaired) electrons. The van der Waals surface area contributed by atoms with Crippen molar-refractivity contribution in [3.63, 3.8) is 0 Å². The summed E-state index contributed by atoms with van der Waals surface area (Å²) in [4.78, 5) is 25.7. The molecule has 0 saturated carbocycles. The normalized spacial score (nSPS) is 11.4. The van der Waals surface area contributed by atoms with Gasteiger partial charge >= 0.3 is 0 Å². The average molecular weight is 340 g/mol. The lowest BCUT2D eigenvalue weighted by molar-refractivity contribution is -0.125. The lowest BCUT2D eigenvalue weighted by atomic mass is 10.1. The van der Waals surface area contributed by atoms with Gasteiger partial charge in [0.25, 0.3) is 0 Å². The maximum Gasteiger partial charge on any atom is 0.234 e. The van der Waals surface area contributed by atoms with Gasteiger partial charge in [0.1, 0.15) is 0 Å². The summed E-state index contributed by atoms with van der Waals surface area (Å²) >= 11 is 5.82. The lowest BCUT2D eigenvalue weighted by Gasteiger charge is -2.24. The molecule has 0 fully saturated rings. The molecule has 1 rings (SSSR count). The fraction of sp³-hybridized carbons (Fsp3) is 0.529. The van der Waals surface area contributed by atoms with Crippen molar-refractivity contribution < 1.29 is 9.59 Å². The number of nitrogens with zero attached hydrogens (tertiary/aromatic N) is 1. The fourth-order valence-corrected chi connectivity index (χ4v) is 2.13. The topological polar surface area (TPSA) is 61.4 Å². The van der Waals surface area contributed by atoms with Crippen LogP contribution < -0.4 is 10.6 Å². The van der Waals surface area contributed by atoms with Gasteiger partial charge in [0.05, 0.1) is 13.1 Å². The molecular formula is C17H26ClN3O2. The van der Waals surface area contributed by atoms with Gasteiger partial charge in [-0.2, -0.15) is 0 Å². The van der Waals surface area contributed by atoms with Crippen LogP contribution in [0.3, 0.4) is 0 Å². The van der Waals surface area contributed by atoms with Crippen molar-refractivity contribution in [2.75, 3.05) is 19.6 Å². The Kier molecular flexibility index (Phi) is 7.52. The van der Waals surface area contributed by atoms with E-state index in [4.69, 9.17) is 11.6 Å². The zero-order valence-electron chi connectivity index (χ0n) is 14.3. The Labute approximate surface area is 143 Å². The van der Waals surface area contributed by atoms with Crippen LogP contribution in [0.25, 0.3) is 0 Å². The molecule has 0 aliphatic carbocycles. The quantitative estimate of drug-likeness (QED) is 0.800. The van der Waals surface area contributed by atoms with Gasteiger partial charge in [-0.1, -0.05) is 30.7 Å². The van der Waals surface area contributed by atoms with Crippen LogP contribution >= 0.6 is 11.6 Å². The van der Waals surface area contributed by atoms with E-state index in [9.17, 15) is 9.59 Å². The van der Waals surface area contributed by atoms with E-state index < -0.39 is 0 Å². The standard InChI is InChI=1S/C17H26ClN3O2/c1-5-21(12-16(23)20-17(2,3)4)11-15(22)19-10-13-6-8-14(18)9-7-13/h6-9H,5,10-12H2,1-4H3,(H,19,22)(H,20,23). The summed E-state index contributed by atoms with van der Waals surface area (Å²) in [5.74, 6) is -0.185. The number of carbonyl (C=O) groups is 2. The van der Waals surface area contributed by atoms with Crippen molar-refractivity contribution >= 4 is 23.4 Å². The minimum atomic E-state index is -0.270. The van der Waals surface area contributed by atoms with Crippen molar-refractivity contribution in [3.8, 4) is 0 Å². The molecule has 0 heterocycles. The van der Waals surface area contributed by atoms with Gasteiger partial charge in [0.15, 0.2) is 0 Å². The molecule has 0 saturated heterocycles. The molecule has 5 nitrogen and oxygen atoms in total. The maximum absolute atomic E-state index is 12.0. The Hall–Kier alpha value is -1.59. The monoisotopic (exact) mass is 339 g/mol. The number of rotatable bonds is 7. The van der Waals surface area contributed by atoms with E-state index in [0.717, 1.165) is 5.56 Å². The molecule has 0 aliphatic rings. The van der Waals surface area contributed by atoms with Crippen LogP contribution in [-0.2, 0) is 16.1 Å². The first-order chi connectivity index (χ1) is 10.7. The molecular weight excluding hydrogens is 314 g/mol. The summed E-state index contributed by atoms with van der Waals surface area (Å²) < 4.78 is 0. The third-order valence-electron chi connectivity index (χ3n) is 3.10. The summed E-state index contributed by atoms with van der Waals surface area (Å²) in [6.45, 7) is 9.20. The van der Waals surface area contributed by atoms with Gasteiger partial charge in [-0.05, 0) is 45.0 Å². The molecule has 0 spiro atoms. The Morgan fingerprint density at radius 1 is 1.09 bits per heavy atom. The molecule has 2 amide bonds. The van der Waals surface area contributed by atoms with Gasteiger partial charge in [0.2, 0.25) is 11.8 Å². The van der Waals surface area contributed by atoms with E-state index in [2.05, 4.69) is 10.6 Å². The van der Waals surface area contributed by atoms with Crippen molar-refractivity contribution in [1.29, 1.82) is 0 Å². The van der Waals surface area contributed by atoms with Crippen molar-refractivity contribution in [2.45, 2.75) is 39.8 Å². The minimum Gasteiger partial charge on any atom is -0.351 e. The van der Waals surface area contributed by atoms with Crippen LogP contribution in [0.4, 0.5) is 0 Å². The summed E-state index contributed by atoms with van der Waals surface area (Å²) in [5, 5.41) is 6.41. The number of likely N-dealkylation sites (N-methyl/N-ethyl adjacent to an activating group) is 1. The molecule has 128 valence electrons. The van der Waals surface area contributed by atoms with E-state index in [1.807, 2.05) is 39.8 Å². The Balaban J connectivity index is 2.40. The number of halogens is 1. The molecule has 1 aromatic carbocycles. The zero-order chi connectivity index (χ0) is 17.5. The molecule has 0 aromatic heterocycles. The number of hydrogen-bond donors (Lipinski definition) is 2. The van der Waals surface area contributed by atoms with E-state index >= 15 is 0 Å². The third-order valence-corrected chi connectivity index (χ3v) is 3.35. The van der Waals surface area contributed by atoms with Crippen molar-refractivity contribution in [1.82, 2.24) is 15.5 Å². The predicted molar refractivity (Wildman–Crippen MR) is 93.3 cm³/mol. The summed E-state index contributed by atoms with van der Waals surface area (Å²) in [6.07, 6.45) is 0. The van der Waals surface area contributed by atoms with Gasteiger partial charge in [0, 0.05) is 17.1 Å². The molecule has 2 N–H and O–H groups in total. The predicted octanol–water partition coefficient (Wildman–Crippen LogP) is 2.19. The van der Waals surface area contributed by atoms with Crippen molar-refractivity contribution in [3.05, 3.63) is 34.9 Å². The lowest BCUT2D eigenvalue weighted by Crippen LogP contribution is -2.47. The van der Waals surface area contributed by atoms with E-state index in [0.29, 0.717) is 18.1 Å². The van der Waals surface area contributed by atoms with Gasteiger partial charge in [-0.3, -0.25) is 14.5 Å². The molecule has 1 aromatic rings. The molecule has 0 bridgehead atoms. The second-order valence-corrected chi connectivity index (χ2v) is 6.94. The molecule has 6 heteroatoms. The SMILES string of the molecule is CCN(CC(=O)NCc1ccc(Cl)cc1)CC(=O)NC(C)(C)C. The highest BCUT2D eigenvalue weighted by Gasteiger charge is 2.17. The van der Waals surface area contributed by atoms with E-state index in [-0.39, 0.29) is 30.4 Å². The van der Waals surface area contributed by atoms with Crippen LogP contribution in [0.1, 0.15) is 33.3 Å². The van der Waals surface area contributed by atoms with Gasteiger partial charge in [-0.25, -0.2) is 0 Å². The van der Waals surface area contributed by atoms with Gasteiger partial charge in [-0.15, -0.1) is 0 Å². The van der Waals surface area contributed by atoms with Crippen LogP contribution in [0.2, 0.25) is 5.02 Å². The number of hydrogen-bond acceptors (Lipinski definition) is 3. The molecule has 0 atom stereocenters. The van der Waals surface area contributed by atoms with E-state index in [1.165, 1.54) is 0 Å². The Morgan fingerprint density at radius 3 is 2.17 bits per heavy atom. The third kappa shape index (κ3) is 8.57. The number of amides is 2. The fourth-order valence-electron chi connectivity index (χ4n) is 2.00. The largest absolute Gasteiger partial charge is 0.351 e. The average Bonchev–Trinajstić information content (AvgIpc) is 2.44. The first kappa shape index (κ1) is 19.5. The number of carbonyl (C=O) groups excluding carboxylic acids is 2. The number of benzene rings is 1. The zero-order valence-corrected chi connectivity index (χ0v) is 15.0. The molecule has 23 heavy (non-hydrogen) atoms. The first-order valence-corrected chi connectivity index (χ1v) is 8.12. The van der Waals surface area contributed by atoms with Crippen LogP contribution in [0, 0.1) is 0 Å². The number of nitrogens with one attached hydrogen (secondary N) is 2.